The van der Waals surface area contributed by atoms with Crippen LogP contribution in [0.25, 0.3) is 11.4 Å². The van der Waals surface area contributed by atoms with E-state index in [0.29, 0.717) is 4.64 Å². The van der Waals surface area contributed by atoms with Crippen LogP contribution in [0.15, 0.2) is 54.9 Å². The zero-order valence-corrected chi connectivity index (χ0v) is 14.1. The summed E-state index contributed by atoms with van der Waals surface area (Å²) in [4.78, 5) is 14.6. The van der Waals surface area contributed by atoms with Gasteiger partial charge in [0.1, 0.15) is 10.5 Å². The largest absolute Gasteiger partial charge is 0.343 e. The molecule has 0 radical (unpaired) electrons. The van der Waals surface area contributed by atoms with E-state index in [-0.39, 0.29) is 0 Å². The summed E-state index contributed by atoms with van der Waals surface area (Å²) in [5.41, 5.74) is 4.66. The van der Waals surface area contributed by atoms with Crippen molar-refractivity contribution in [1.82, 2.24) is 19.9 Å². The number of benzene rings is 1. The van der Waals surface area contributed by atoms with Crippen LogP contribution in [0, 0.1) is 4.64 Å². The quantitative estimate of drug-likeness (QED) is 0.741. The maximum atomic E-state index is 5.57. The molecular weight excluding hydrogens is 316 g/mol. The number of rotatable bonds is 3. The monoisotopic (exact) mass is 334 g/mol. The minimum Gasteiger partial charge on any atom is -0.343 e. The van der Waals surface area contributed by atoms with Crippen molar-refractivity contribution in [2.24, 2.45) is 0 Å². The van der Waals surface area contributed by atoms with E-state index in [1.807, 2.05) is 18.3 Å². The molecule has 3 heterocycles. The molecule has 0 unspecified atom stereocenters. The molecule has 2 aromatic heterocycles. The van der Waals surface area contributed by atoms with Gasteiger partial charge >= 0.3 is 0 Å². The minimum atomic E-state index is 0.695. The van der Waals surface area contributed by atoms with Crippen LogP contribution in [0.3, 0.4) is 0 Å². The fraction of sp³-hybridized carbons (Fsp3) is 0.211. The number of hydrogen-bond acceptors (Lipinski definition) is 4. The lowest BCUT2D eigenvalue weighted by Gasteiger charge is -2.28. The van der Waals surface area contributed by atoms with Crippen molar-refractivity contribution in [3.05, 3.63) is 76.3 Å². The average molecular weight is 334 g/mol. The molecule has 0 aliphatic carbocycles. The molecule has 0 atom stereocenters. The smallest absolute Gasteiger partial charge is 0.140 e. The van der Waals surface area contributed by atoms with Gasteiger partial charge in [-0.2, -0.15) is 0 Å². The Hall–Kier alpha value is -2.37. The van der Waals surface area contributed by atoms with Crippen molar-refractivity contribution in [2.75, 3.05) is 6.54 Å². The van der Waals surface area contributed by atoms with Crippen molar-refractivity contribution in [2.45, 2.75) is 19.5 Å². The third-order valence-corrected chi connectivity index (χ3v) is 4.69. The number of H-pyrrole nitrogens is 1. The van der Waals surface area contributed by atoms with E-state index in [0.717, 1.165) is 43.0 Å². The Morgan fingerprint density at radius 3 is 2.79 bits per heavy atom. The average Bonchev–Trinajstić information content (AvgIpc) is 2.64. The predicted molar refractivity (Wildman–Crippen MR) is 96.9 cm³/mol. The lowest BCUT2D eigenvalue weighted by Crippen LogP contribution is -2.31. The van der Waals surface area contributed by atoms with E-state index in [1.165, 1.54) is 11.3 Å². The second-order valence-corrected chi connectivity index (χ2v) is 6.42. The van der Waals surface area contributed by atoms with Gasteiger partial charge in [0.05, 0.1) is 0 Å². The summed E-state index contributed by atoms with van der Waals surface area (Å²) in [6.45, 7) is 2.81. The molecule has 0 amide bonds. The molecule has 1 aliphatic rings. The highest BCUT2D eigenvalue weighted by Crippen LogP contribution is 2.23. The zero-order valence-electron chi connectivity index (χ0n) is 13.3. The Balaban J connectivity index is 1.60. The van der Waals surface area contributed by atoms with Gasteiger partial charge in [-0.15, -0.1) is 0 Å². The lowest BCUT2D eigenvalue weighted by atomic mass is 10.1. The van der Waals surface area contributed by atoms with Gasteiger partial charge < -0.3 is 4.98 Å². The number of aromatic nitrogens is 3. The molecule has 4 rings (SSSR count). The highest BCUT2D eigenvalue weighted by molar-refractivity contribution is 7.71. The van der Waals surface area contributed by atoms with Crippen LogP contribution < -0.4 is 0 Å². The summed E-state index contributed by atoms with van der Waals surface area (Å²) < 4.78 is 0.695. The van der Waals surface area contributed by atoms with Gasteiger partial charge in [0.15, 0.2) is 0 Å². The molecule has 1 aromatic carbocycles. The highest BCUT2D eigenvalue weighted by Gasteiger charge is 2.19. The zero-order chi connectivity index (χ0) is 16.4. The number of hydrogen-bond donors (Lipinski definition) is 1. The van der Waals surface area contributed by atoms with Crippen LogP contribution in [0.2, 0.25) is 0 Å². The second-order valence-electron chi connectivity index (χ2n) is 6.04. The van der Waals surface area contributed by atoms with Gasteiger partial charge in [0.25, 0.3) is 0 Å². The molecule has 3 aromatic rings. The van der Waals surface area contributed by atoms with Crippen molar-refractivity contribution in [3.63, 3.8) is 0 Å². The van der Waals surface area contributed by atoms with Crippen molar-refractivity contribution < 1.29 is 0 Å². The van der Waals surface area contributed by atoms with E-state index in [2.05, 4.69) is 50.2 Å². The number of nitrogens with zero attached hydrogens (tertiary/aromatic N) is 3. The number of nitrogens with one attached hydrogen (secondary N) is 1. The Bertz CT molecular complexity index is 890. The SMILES string of the molecule is S=c1nc(-c2cccnc2)[nH]c2c1CN(Cc1ccccc1)CC2. The highest BCUT2D eigenvalue weighted by atomic mass is 32.1. The van der Waals surface area contributed by atoms with Gasteiger partial charge in [-0.25, -0.2) is 4.98 Å². The first-order chi connectivity index (χ1) is 11.8. The summed E-state index contributed by atoms with van der Waals surface area (Å²) in [5.74, 6) is 0.809. The van der Waals surface area contributed by atoms with E-state index < -0.39 is 0 Å². The fourth-order valence-corrected chi connectivity index (χ4v) is 3.39. The van der Waals surface area contributed by atoms with Crippen LogP contribution in [0.4, 0.5) is 0 Å². The predicted octanol–water partition coefficient (Wildman–Crippen LogP) is 3.76. The maximum Gasteiger partial charge on any atom is 0.140 e. The van der Waals surface area contributed by atoms with Crippen LogP contribution in [0.1, 0.15) is 16.8 Å². The normalized spacial score (nSPS) is 14.3. The first-order valence-corrected chi connectivity index (χ1v) is 8.49. The van der Waals surface area contributed by atoms with E-state index in [9.17, 15) is 0 Å². The third-order valence-electron chi connectivity index (χ3n) is 4.35. The molecule has 1 N–H and O–H groups in total. The third kappa shape index (κ3) is 3.13. The van der Waals surface area contributed by atoms with E-state index in [4.69, 9.17) is 12.2 Å². The molecule has 4 nitrogen and oxygen atoms in total. The van der Waals surface area contributed by atoms with Crippen LogP contribution in [-0.2, 0) is 19.5 Å². The summed E-state index contributed by atoms with van der Waals surface area (Å²) in [6.07, 6.45) is 4.53. The Kier molecular flexibility index (Phi) is 4.19. The van der Waals surface area contributed by atoms with E-state index >= 15 is 0 Å². The van der Waals surface area contributed by atoms with Gasteiger partial charge in [-0.05, 0) is 17.7 Å². The van der Waals surface area contributed by atoms with Crippen molar-refractivity contribution in [3.8, 4) is 11.4 Å². The van der Waals surface area contributed by atoms with Crippen LogP contribution in [-0.4, -0.2) is 26.4 Å². The van der Waals surface area contributed by atoms with Gasteiger partial charge in [0.2, 0.25) is 0 Å². The standard InChI is InChI=1S/C19H18N4S/c24-19-16-13-23(12-14-5-2-1-3-6-14)10-8-17(16)21-18(22-19)15-7-4-9-20-11-15/h1-7,9,11H,8,10,12-13H2,(H,21,22,24). The lowest BCUT2D eigenvalue weighted by molar-refractivity contribution is 0.242. The first-order valence-electron chi connectivity index (χ1n) is 8.08. The molecule has 0 saturated heterocycles. The number of pyridine rings is 1. The summed E-state index contributed by atoms with van der Waals surface area (Å²) >= 11 is 5.57. The summed E-state index contributed by atoms with van der Waals surface area (Å²) in [6, 6.07) is 14.5. The molecular formula is C19H18N4S. The summed E-state index contributed by atoms with van der Waals surface area (Å²) in [7, 11) is 0. The minimum absolute atomic E-state index is 0.695. The van der Waals surface area contributed by atoms with Crippen LogP contribution >= 0.6 is 12.2 Å². The Morgan fingerprint density at radius 1 is 1.12 bits per heavy atom. The molecule has 0 spiro atoms. The molecule has 24 heavy (non-hydrogen) atoms. The molecule has 0 bridgehead atoms. The van der Waals surface area contributed by atoms with Gasteiger partial charge in [0, 0.05) is 55.3 Å². The first kappa shape index (κ1) is 15.2. The van der Waals surface area contributed by atoms with Crippen molar-refractivity contribution in [1.29, 1.82) is 0 Å². The Morgan fingerprint density at radius 2 is 2.00 bits per heavy atom. The van der Waals surface area contributed by atoms with E-state index in [1.54, 1.807) is 6.20 Å². The Labute approximate surface area is 146 Å². The van der Waals surface area contributed by atoms with Gasteiger partial charge in [-0.3, -0.25) is 9.88 Å². The maximum absolute atomic E-state index is 5.57. The van der Waals surface area contributed by atoms with Crippen LogP contribution in [0.5, 0.6) is 0 Å². The van der Waals surface area contributed by atoms with Crippen molar-refractivity contribution >= 4 is 12.2 Å². The summed E-state index contributed by atoms with van der Waals surface area (Å²) in [5, 5.41) is 0. The fourth-order valence-electron chi connectivity index (χ4n) is 3.11. The topological polar surface area (TPSA) is 44.8 Å². The molecule has 0 fully saturated rings. The van der Waals surface area contributed by atoms with Gasteiger partial charge in [-0.1, -0.05) is 42.5 Å². The second kappa shape index (κ2) is 6.63. The molecule has 120 valence electrons. The molecule has 5 heteroatoms. The number of aromatic amines is 1. The molecule has 0 saturated carbocycles. The molecule has 1 aliphatic heterocycles. The number of fused-ring (bicyclic) bond motifs is 1.